The van der Waals surface area contributed by atoms with Crippen LogP contribution in [0.25, 0.3) is 0 Å². The van der Waals surface area contributed by atoms with E-state index in [0.29, 0.717) is 0 Å². The van der Waals surface area contributed by atoms with E-state index in [-0.39, 0.29) is 0 Å². The standard InChI is InChI=1S/C11H16N2O/c1-8-2-11(14-7-8)13-5-9-3-12-4-10(9)6-13/h2,7,9-10,12H,3-6H2,1H3. The van der Waals surface area contributed by atoms with Gasteiger partial charge in [-0.15, -0.1) is 0 Å². The SMILES string of the molecule is Cc1coc(N2CC3CNCC3C2)c1. The topological polar surface area (TPSA) is 28.4 Å². The lowest BCUT2D eigenvalue weighted by molar-refractivity contribution is 0.533. The number of aryl methyl sites for hydroxylation is 1. The Bertz CT molecular complexity index is 322. The molecule has 2 saturated heterocycles. The van der Waals surface area contributed by atoms with Crippen molar-refractivity contribution in [2.75, 3.05) is 31.1 Å². The summed E-state index contributed by atoms with van der Waals surface area (Å²) in [6, 6.07) is 2.13. The molecular formula is C11H16N2O. The van der Waals surface area contributed by atoms with Gasteiger partial charge in [-0.2, -0.15) is 0 Å². The molecule has 3 heterocycles. The van der Waals surface area contributed by atoms with Crippen LogP contribution in [0.15, 0.2) is 16.7 Å². The minimum atomic E-state index is 0.834. The molecule has 2 aliphatic heterocycles. The van der Waals surface area contributed by atoms with Gasteiger partial charge in [0.2, 0.25) is 0 Å². The van der Waals surface area contributed by atoms with Crippen LogP contribution in [0.5, 0.6) is 0 Å². The van der Waals surface area contributed by atoms with E-state index < -0.39 is 0 Å². The molecule has 2 aliphatic rings. The first kappa shape index (κ1) is 8.36. The third-order valence-corrected chi connectivity index (χ3v) is 3.42. The maximum Gasteiger partial charge on any atom is 0.195 e. The molecule has 3 nitrogen and oxygen atoms in total. The van der Waals surface area contributed by atoms with Crippen molar-refractivity contribution in [3.8, 4) is 0 Å². The summed E-state index contributed by atoms with van der Waals surface area (Å²) in [7, 11) is 0. The highest BCUT2D eigenvalue weighted by Gasteiger charge is 2.36. The summed E-state index contributed by atoms with van der Waals surface area (Å²) in [5, 5.41) is 3.44. The molecule has 14 heavy (non-hydrogen) atoms. The highest BCUT2D eigenvalue weighted by molar-refractivity contribution is 5.40. The van der Waals surface area contributed by atoms with E-state index >= 15 is 0 Å². The number of nitrogens with one attached hydrogen (secondary N) is 1. The molecule has 0 aromatic carbocycles. The van der Waals surface area contributed by atoms with E-state index in [1.54, 1.807) is 0 Å². The molecular weight excluding hydrogens is 176 g/mol. The van der Waals surface area contributed by atoms with E-state index in [4.69, 9.17) is 4.42 Å². The van der Waals surface area contributed by atoms with Crippen LogP contribution < -0.4 is 10.2 Å². The summed E-state index contributed by atoms with van der Waals surface area (Å²) in [6.45, 7) is 6.75. The smallest absolute Gasteiger partial charge is 0.195 e. The second-order valence-corrected chi connectivity index (χ2v) is 4.55. The van der Waals surface area contributed by atoms with Crippen LogP contribution in [0.1, 0.15) is 5.56 Å². The van der Waals surface area contributed by atoms with Gasteiger partial charge in [0.05, 0.1) is 6.26 Å². The molecule has 1 aromatic rings. The number of rotatable bonds is 1. The molecule has 2 unspecified atom stereocenters. The predicted octanol–water partition coefficient (Wildman–Crippen LogP) is 1.24. The molecule has 0 aliphatic carbocycles. The Balaban J connectivity index is 1.76. The maximum atomic E-state index is 5.52. The van der Waals surface area contributed by atoms with Crippen molar-refractivity contribution >= 4 is 5.88 Å². The Morgan fingerprint density at radius 2 is 2.07 bits per heavy atom. The average Bonchev–Trinajstić information content (AvgIpc) is 2.75. The van der Waals surface area contributed by atoms with Gasteiger partial charge in [-0.1, -0.05) is 0 Å². The quantitative estimate of drug-likeness (QED) is 0.725. The molecule has 0 bridgehead atoms. The highest BCUT2D eigenvalue weighted by Crippen LogP contribution is 2.31. The minimum Gasteiger partial charge on any atom is -0.449 e. The lowest BCUT2D eigenvalue weighted by Gasteiger charge is -2.15. The Labute approximate surface area is 84.1 Å². The normalized spacial score (nSPS) is 31.1. The zero-order valence-electron chi connectivity index (χ0n) is 8.49. The van der Waals surface area contributed by atoms with Gasteiger partial charge in [0.15, 0.2) is 5.88 Å². The van der Waals surface area contributed by atoms with E-state index in [2.05, 4.69) is 23.2 Å². The Morgan fingerprint density at radius 1 is 1.36 bits per heavy atom. The van der Waals surface area contributed by atoms with Crippen molar-refractivity contribution in [3.63, 3.8) is 0 Å². The lowest BCUT2D eigenvalue weighted by atomic mass is 10.0. The summed E-state index contributed by atoms with van der Waals surface area (Å²) >= 11 is 0. The van der Waals surface area contributed by atoms with Crippen LogP contribution in [-0.4, -0.2) is 26.2 Å². The molecule has 3 heteroatoms. The van der Waals surface area contributed by atoms with Crippen molar-refractivity contribution in [2.24, 2.45) is 11.8 Å². The first-order chi connectivity index (χ1) is 6.83. The van der Waals surface area contributed by atoms with Crippen molar-refractivity contribution in [3.05, 3.63) is 17.9 Å². The second kappa shape index (κ2) is 3.02. The number of fused-ring (bicyclic) bond motifs is 1. The summed E-state index contributed by atoms with van der Waals surface area (Å²) in [5.74, 6) is 2.72. The molecule has 0 amide bonds. The van der Waals surface area contributed by atoms with Gasteiger partial charge >= 0.3 is 0 Å². The number of anilines is 1. The molecule has 76 valence electrons. The van der Waals surface area contributed by atoms with Gasteiger partial charge in [0.25, 0.3) is 0 Å². The fourth-order valence-corrected chi connectivity index (χ4v) is 2.62. The summed E-state index contributed by atoms with van der Waals surface area (Å²) < 4.78 is 5.52. The lowest BCUT2D eigenvalue weighted by Crippen LogP contribution is -2.24. The molecule has 1 N–H and O–H groups in total. The summed E-state index contributed by atoms with van der Waals surface area (Å²) in [6.07, 6.45) is 1.84. The fourth-order valence-electron chi connectivity index (χ4n) is 2.62. The maximum absolute atomic E-state index is 5.52. The molecule has 2 atom stereocenters. The number of hydrogen-bond donors (Lipinski definition) is 1. The summed E-state index contributed by atoms with van der Waals surface area (Å²) in [4.78, 5) is 2.38. The molecule has 0 spiro atoms. The number of nitrogens with zero attached hydrogens (tertiary/aromatic N) is 1. The molecule has 3 rings (SSSR count). The number of hydrogen-bond acceptors (Lipinski definition) is 3. The molecule has 1 aromatic heterocycles. The zero-order chi connectivity index (χ0) is 9.54. The van der Waals surface area contributed by atoms with E-state index in [1.807, 2.05) is 6.26 Å². The Hall–Kier alpha value is -0.960. The molecule has 2 fully saturated rings. The largest absolute Gasteiger partial charge is 0.449 e. The van der Waals surface area contributed by atoms with Gasteiger partial charge in [-0.05, 0) is 24.3 Å². The fraction of sp³-hybridized carbons (Fsp3) is 0.636. The van der Waals surface area contributed by atoms with Crippen LogP contribution >= 0.6 is 0 Å². The minimum absolute atomic E-state index is 0.834. The molecule has 0 saturated carbocycles. The number of furan rings is 1. The third kappa shape index (κ3) is 1.23. The van der Waals surface area contributed by atoms with Crippen molar-refractivity contribution in [2.45, 2.75) is 6.92 Å². The first-order valence-electron chi connectivity index (χ1n) is 5.34. The van der Waals surface area contributed by atoms with E-state index in [9.17, 15) is 0 Å². The van der Waals surface area contributed by atoms with Crippen LogP contribution in [0.3, 0.4) is 0 Å². The van der Waals surface area contributed by atoms with Crippen LogP contribution in [0.4, 0.5) is 5.88 Å². The van der Waals surface area contributed by atoms with Gasteiger partial charge in [-0.25, -0.2) is 0 Å². The van der Waals surface area contributed by atoms with Crippen molar-refractivity contribution in [1.29, 1.82) is 0 Å². The van der Waals surface area contributed by atoms with E-state index in [1.165, 1.54) is 18.7 Å². The van der Waals surface area contributed by atoms with E-state index in [0.717, 1.165) is 30.8 Å². The van der Waals surface area contributed by atoms with Crippen molar-refractivity contribution in [1.82, 2.24) is 5.32 Å². The van der Waals surface area contributed by atoms with Crippen LogP contribution in [-0.2, 0) is 0 Å². The Morgan fingerprint density at radius 3 is 2.64 bits per heavy atom. The first-order valence-corrected chi connectivity index (χ1v) is 5.34. The van der Waals surface area contributed by atoms with Gasteiger partial charge in [0.1, 0.15) is 0 Å². The highest BCUT2D eigenvalue weighted by atomic mass is 16.3. The monoisotopic (exact) mass is 192 g/mol. The second-order valence-electron chi connectivity index (χ2n) is 4.55. The van der Waals surface area contributed by atoms with Crippen molar-refractivity contribution < 1.29 is 4.42 Å². The van der Waals surface area contributed by atoms with Gasteiger partial charge in [0, 0.05) is 32.2 Å². The molecule has 0 radical (unpaired) electrons. The average molecular weight is 192 g/mol. The van der Waals surface area contributed by atoms with Gasteiger partial charge < -0.3 is 14.6 Å². The third-order valence-electron chi connectivity index (χ3n) is 3.42. The van der Waals surface area contributed by atoms with Crippen LogP contribution in [0, 0.1) is 18.8 Å². The zero-order valence-corrected chi connectivity index (χ0v) is 8.49. The predicted molar refractivity (Wildman–Crippen MR) is 55.5 cm³/mol. The van der Waals surface area contributed by atoms with Crippen LogP contribution in [0.2, 0.25) is 0 Å². The summed E-state index contributed by atoms with van der Waals surface area (Å²) in [5.41, 5.74) is 1.22. The Kier molecular flexibility index (Phi) is 1.80. The van der Waals surface area contributed by atoms with Gasteiger partial charge in [-0.3, -0.25) is 0 Å².